The van der Waals surface area contributed by atoms with Gasteiger partial charge in [-0.25, -0.2) is 9.79 Å². The fourth-order valence-corrected chi connectivity index (χ4v) is 3.05. The van der Waals surface area contributed by atoms with Crippen molar-refractivity contribution in [3.05, 3.63) is 95.7 Å². The van der Waals surface area contributed by atoms with Crippen LogP contribution in [0.4, 0.5) is 0 Å². The number of benzene rings is 3. The van der Waals surface area contributed by atoms with Gasteiger partial charge in [0.2, 0.25) is 5.90 Å². The maximum absolute atomic E-state index is 12.3. The molecule has 0 saturated heterocycles. The average molecular weight is 428 g/mol. The Morgan fingerprint density at radius 1 is 0.875 bits per heavy atom. The van der Waals surface area contributed by atoms with Gasteiger partial charge in [0.25, 0.3) is 0 Å². The molecule has 3 aromatic rings. The highest BCUT2D eigenvalue weighted by Gasteiger charge is 2.24. The van der Waals surface area contributed by atoms with Gasteiger partial charge >= 0.3 is 5.97 Å². The second-order valence-electron chi connectivity index (χ2n) is 7.88. The Labute approximate surface area is 188 Å². The van der Waals surface area contributed by atoms with Crippen LogP contribution in [0.3, 0.4) is 0 Å². The highest BCUT2D eigenvalue weighted by molar-refractivity contribution is 6.12. The van der Waals surface area contributed by atoms with Crippen LogP contribution in [0.5, 0.6) is 17.2 Å². The van der Waals surface area contributed by atoms with Crippen molar-refractivity contribution in [1.29, 1.82) is 0 Å². The van der Waals surface area contributed by atoms with Gasteiger partial charge in [0.05, 0.1) is 6.61 Å². The SMILES string of the molecule is CC(C)CCOc1ccc(/C=C2\N=C(c3ccc(Oc4ccccc4)cc3)OC2=O)cc1. The maximum atomic E-state index is 12.3. The number of cyclic esters (lactones) is 1. The van der Waals surface area contributed by atoms with Crippen molar-refractivity contribution in [2.75, 3.05) is 6.61 Å². The minimum atomic E-state index is -0.470. The summed E-state index contributed by atoms with van der Waals surface area (Å²) in [6.45, 7) is 5.02. The Kier molecular flexibility index (Phi) is 6.66. The van der Waals surface area contributed by atoms with Gasteiger partial charge in [0.1, 0.15) is 17.2 Å². The lowest BCUT2D eigenvalue weighted by Crippen LogP contribution is -2.05. The summed E-state index contributed by atoms with van der Waals surface area (Å²) in [7, 11) is 0. The van der Waals surface area contributed by atoms with Crippen molar-refractivity contribution in [3.8, 4) is 17.2 Å². The summed E-state index contributed by atoms with van der Waals surface area (Å²) in [5, 5.41) is 0. The smallest absolute Gasteiger partial charge is 0.363 e. The van der Waals surface area contributed by atoms with Crippen molar-refractivity contribution in [2.24, 2.45) is 10.9 Å². The van der Waals surface area contributed by atoms with Crippen LogP contribution in [0.1, 0.15) is 31.4 Å². The molecular weight excluding hydrogens is 402 g/mol. The van der Waals surface area contributed by atoms with Crippen molar-refractivity contribution in [2.45, 2.75) is 20.3 Å². The summed E-state index contributed by atoms with van der Waals surface area (Å²) < 4.78 is 16.9. The third-order valence-corrected chi connectivity index (χ3v) is 4.85. The van der Waals surface area contributed by atoms with E-state index in [1.165, 1.54) is 0 Å². The first kappa shape index (κ1) is 21.4. The van der Waals surface area contributed by atoms with Crippen molar-refractivity contribution in [1.82, 2.24) is 0 Å². The second kappa shape index (κ2) is 9.96. The average Bonchev–Trinajstić information content (AvgIpc) is 3.16. The molecule has 0 radical (unpaired) electrons. The lowest BCUT2D eigenvalue weighted by molar-refractivity contribution is -0.129. The number of aliphatic imine (C=N–C) groups is 1. The molecule has 0 fully saturated rings. The maximum Gasteiger partial charge on any atom is 0.363 e. The molecule has 1 aliphatic rings. The Hall–Kier alpha value is -3.86. The molecule has 0 amide bonds. The van der Waals surface area contributed by atoms with Crippen molar-refractivity contribution < 1.29 is 19.0 Å². The van der Waals surface area contributed by atoms with Gasteiger partial charge in [-0.2, -0.15) is 0 Å². The van der Waals surface area contributed by atoms with Crippen LogP contribution in [0, 0.1) is 5.92 Å². The number of rotatable bonds is 8. The quantitative estimate of drug-likeness (QED) is 0.315. The van der Waals surface area contributed by atoms with E-state index in [-0.39, 0.29) is 11.6 Å². The van der Waals surface area contributed by atoms with E-state index >= 15 is 0 Å². The number of hydrogen-bond donors (Lipinski definition) is 0. The molecule has 1 heterocycles. The van der Waals surface area contributed by atoms with Gasteiger partial charge in [0.15, 0.2) is 5.70 Å². The largest absolute Gasteiger partial charge is 0.494 e. The van der Waals surface area contributed by atoms with Gasteiger partial charge in [0, 0.05) is 5.56 Å². The molecule has 5 heteroatoms. The molecule has 4 rings (SSSR count). The van der Waals surface area contributed by atoms with Gasteiger partial charge in [-0.05, 0) is 72.5 Å². The van der Waals surface area contributed by atoms with E-state index < -0.39 is 5.97 Å². The third kappa shape index (κ3) is 5.64. The Bertz CT molecular complexity index is 1110. The second-order valence-corrected chi connectivity index (χ2v) is 7.88. The van der Waals surface area contributed by atoms with E-state index in [9.17, 15) is 4.79 Å². The molecule has 0 atom stereocenters. The molecular formula is C27H25NO4. The Balaban J connectivity index is 1.42. The Morgan fingerprint density at radius 3 is 2.22 bits per heavy atom. The van der Waals surface area contributed by atoms with E-state index in [1.54, 1.807) is 6.08 Å². The molecule has 0 N–H and O–H groups in total. The summed E-state index contributed by atoms with van der Waals surface area (Å²) in [6.07, 6.45) is 2.72. The van der Waals surface area contributed by atoms with Crippen molar-refractivity contribution in [3.63, 3.8) is 0 Å². The van der Waals surface area contributed by atoms with Gasteiger partial charge in [-0.1, -0.05) is 44.2 Å². The van der Waals surface area contributed by atoms with E-state index in [4.69, 9.17) is 14.2 Å². The summed E-state index contributed by atoms with van der Waals surface area (Å²) in [4.78, 5) is 16.7. The van der Waals surface area contributed by atoms with Crippen LogP contribution in [0.2, 0.25) is 0 Å². The van der Waals surface area contributed by atoms with E-state index in [1.807, 2.05) is 78.9 Å². The van der Waals surface area contributed by atoms with Crippen LogP contribution in [-0.4, -0.2) is 18.5 Å². The molecule has 0 aromatic heterocycles. The predicted molar refractivity (Wildman–Crippen MR) is 125 cm³/mol. The summed E-state index contributed by atoms with van der Waals surface area (Å²) >= 11 is 0. The number of para-hydroxylation sites is 1. The molecule has 5 nitrogen and oxygen atoms in total. The Morgan fingerprint density at radius 2 is 1.53 bits per heavy atom. The molecule has 0 bridgehead atoms. The number of esters is 1. The summed E-state index contributed by atoms with van der Waals surface area (Å²) in [6, 6.07) is 24.4. The standard InChI is InChI=1S/C27H25NO4/c1-19(2)16-17-30-22-12-8-20(9-13-22)18-25-27(29)32-26(28-25)21-10-14-24(15-11-21)31-23-6-4-3-5-7-23/h3-15,18-19H,16-17H2,1-2H3/b25-18-. The van der Waals surface area contributed by atoms with Crippen LogP contribution in [0.15, 0.2) is 89.6 Å². The third-order valence-electron chi connectivity index (χ3n) is 4.85. The fourth-order valence-electron chi connectivity index (χ4n) is 3.05. The first-order valence-corrected chi connectivity index (χ1v) is 10.7. The zero-order chi connectivity index (χ0) is 22.3. The molecule has 162 valence electrons. The molecule has 3 aromatic carbocycles. The van der Waals surface area contributed by atoms with E-state index in [0.717, 1.165) is 23.5 Å². The molecule has 32 heavy (non-hydrogen) atoms. The van der Waals surface area contributed by atoms with Crippen LogP contribution in [0.25, 0.3) is 6.08 Å². The molecule has 1 aliphatic heterocycles. The molecule has 0 aliphatic carbocycles. The number of carbonyl (C=O) groups excluding carboxylic acids is 1. The van der Waals surface area contributed by atoms with E-state index in [0.29, 0.717) is 23.8 Å². The van der Waals surface area contributed by atoms with Gasteiger partial charge in [-0.3, -0.25) is 0 Å². The number of carbonyl (C=O) groups is 1. The van der Waals surface area contributed by atoms with Gasteiger partial charge < -0.3 is 14.2 Å². The highest BCUT2D eigenvalue weighted by atomic mass is 16.6. The molecule has 0 saturated carbocycles. The molecule has 0 spiro atoms. The topological polar surface area (TPSA) is 57.1 Å². The predicted octanol–water partition coefficient (Wildman–Crippen LogP) is 6.25. The number of ether oxygens (including phenoxy) is 3. The van der Waals surface area contributed by atoms with Crippen LogP contribution >= 0.6 is 0 Å². The minimum Gasteiger partial charge on any atom is -0.494 e. The first-order chi connectivity index (χ1) is 15.6. The number of nitrogens with zero attached hydrogens (tertiary/aromatic N) is 1. The van der Waals surface area contributed by atoms with Crippen LogP contribution < -0.4 is 9.47 Å². The van der Waals surface area contributed by atoms with Crippen LogP contribution in [-0.2, 0) is 9.53 Å². The molecule has 0 unspecified atom stereocenters. The zero-order valence-electron chi connectivity index (χ0n) is 18.2. The normalized spacial score (nSPS) is 14.4. The summed E-state index contributed by atoms with van der Waals surface area (Å²) in [5.41, 5.74) is 1.82. The lowest BCUT2D eigenvalue weighted by atomic mass is 10.1. The van der Waals surface area contributed by atoms with E-state index in [2.05, 4.69) is 18.8 Å². The van der Waals surface area contributed by atoms with Crippen molar-refractivity contribution >= 4 is 17.9 Å². The first-order valence-electron chi connectivity index (χ1n) is 10.7. The minimum absolute atomic E-state index is 0.262. The zero-order valence-corrected chi connectivity index (χ0v) is 18.2. The summed E-state index contributed by atoms with van der Waals surface area (Å²) in [5.74, 6) is 2.67. The number of hydrogen-bond acceptors (Lipinski definition) is 5. The van der Waals surface area contributed by atoms with Gasteiger partial charge in [-0.15, -0.1) is 0 Å². The fraction of sp³-hybridized carbons (Fsp3) is 0.185. The lowest BCUT2D eigenvalue weighted by Gasteiger charge is -2.08. The highest BCUT2D eigenvalue weighted by Crippen LogP contribution is 2.24. The monoisotopic (exact) mass is 427 g/mol.